The highest BCUT2D eigenvalue weighted by molar-refractivity contribution is 6.03. The van der Waals surface area contributed by atoms with Crippen LogP contribution in [-0.4, -0.2) is 22.0 Å². The molecule has 8 heteroatoms. The van der Waals surface area contributed by atoms with Crippen molar-refractivity contribution in [3.8, 4) is 0 Å². The first-order chi connectivity index (χ1) is 9.40. The second-order valence-electron chi connectivity index (χ2n) is 3.84. The molecule has 0 atom stereocenters. The van der Waals surface area contributed by atoms with Crippen LogP contribution in [0.4, 0.5) is 14.5 Å². The molecule has 0 saturated carbocycles. The van der Waals surface area contributed by atoms with E-state index in [4.69, 9.17) is 9.52 Å². The first-order valence-corrected chi connectivity index (χ1v) is 5.34. The third-order valence-electron chi connectivity index (χ3n) is 2.49. The number of halogens is 2. The molecule has 2 rings (SSSR count). The van der Waals surface area contributed by atoms with Gasteiger partial charge in [0.15, 0.2) is 6.39 Å². The van der Waals surface area contributed by atoms with E-state index in [1.807, 2.05) is 0 Å². The molecule has 0 fully saturated rings. The Morgan fingerprint density at radius 2 is 2.00 bits per heavy atom. The van der Waals surface area contributed by atoms with E-state index in [0.717, 1.165) is 6.39 Å². The number of aromatic nitrogens is 1. The van der Waals surface area contributed by atoms with Gasteiger partial charge in [0.05, 0.1) is 16.9 Å². The molecule has 2 N–H and O–H groups in total. The van der Waals surface area contributed by atoms with Gasteiger partial charge in [-0.3, -0.25) is 4.79 Å². The van der Waals surface area contributed by atoms with E-state index < -0.39 is 34.8 Å². The summed E-state index contributed by atoms with van der Waals surface area (Å²) >= 11 is 0. The van der Waals surface area contributed by atoms with E-state index in [2.05, 4.69) is 10.3 Å². The number of nitrogens with zero attached hydrogens (tertiary/aromatic N) is 1. The lowest BCUT2D eigenvalue weighted by atomic mass is 10.1. The molecule has 1 heterocycles. The Morgan fingerprint density at radius 1 is 1.30 bits per heavy atom. The molecule has 1 amide bonds. The number of hydrogen-bond donors (Lipinski definition) is 2. The molecule has 0 unspecified atom stereocenters. The zero-order valence-electron chi connectivity index (χ0n) is 10.1. The molecule has 0 saturated heterocycles. The maximum atomic E-state index is 13.5. The van der Waals surface area contributed by atoms with Crippen molar-refractivity contribution in [1.82, 2.24) is 4.98 Å². The lowest BCUT2D eigenvalue weighted by Crippen LogP contribution is -2.14. The number of aromatic carboxylic acids is 1. The van der Waals surface area contributed by atoms with Gasteiger partial charge in [-0.1, -0.05) is 0 Å². The maximum absolute atomic E-state index is 13.5. The normalized spacial score (nSPS) is 10.3. The Hall–Kier alpha value is -2.77. The highest BCUT2D eigenvalue weighted by Gasteiger charge is 2.19. The SMILES string of the molecule is Cc1ncoc1C(=O)Nc1cc(C(=O)O)c(F)cc1F. The molecule has 1 aromatic carbocycles. The number of benzene rings is 1. The minimum atomic E-state index is -1.58. The number of carbonyl (C=O) groups excluding carboxylic acids is 1. The Balaban J connectivity index is 2.34. The molecule has 0 aliphatic carbocycles. The lowest BCUT2D eigenvalue weighted by molar-refractivity contribution is 0.0691. The highest BCUT2D eigenvalue weighted by Crippen LogP contribution is 2.20. The first-order valence-electron chi connectivity index (χ1n) is 5.34. The molecule has 0 bridgehead atoms. The van der Waals surface area contributed by atoms with E-state index in [-0.39, 0.29) is 11.5 Å². The number of anilines is 1. The zero-order chi connectivity index (χ0) is 14.9. The molecular weight excluding hydrogens is 274 g/mol. The summed E-state index contributed by atoms with van der Waals surface area (Å²) in [6.07, 6.45) is 1.04. The van der Waals surface area contributed by atoms with Crippen LogP contribution in [0.5, 0.6) is 0 Å². The molecule has 20 heavy (non-hydrogen) atoms. The van der Waals surface area contributed by atoms with Crippen molar-refractivity contribution in [3.63, 3.8) is 0 Å². The number of amides is 1. The fourth-order valence-electron chi connectivity index (χ4n) is 1.51. The summed E-state index contributed by atoms with van der Waals surface area (Å²) in [7, 11) is 0. The number of hydrogen-bond acceptors (Lipinski definition) is 4. The van der Waals surface area contributed by atoms with Crippen LogP contribution in [0, 0.1) is 18.6 Å². The lowest BCUT2D eigenvalue weighted by Gasteiger charge is -2.07. The van der Waals surface area contributed by atoms with Crippen LogP contribution in [0.25, 0.3) is 0 Å². The van der Waals surface area contributed by atoms with Crippen molar-refractivity contribution in [2.24, 2.45) is 0 Å². The Kier molecular flexibility index (Phi) is 3.47. The average Bonchev–Trinajstić information content (AvgIpc) is 2.78. The Bertz CT molecular complexity index is 697. The first kappa shape index (κ1) is 13.7. The maximum Gasteiger partial charge on any atom is 0.338 e. The number of nitrogens with one attached hydrogen (secondary N) is 1. The molecular formula is C12H8F2N2O4. The van der Waals surface area contributed by atoms with Crippen molar-refractivity contribution >= 4 is 17.6 Å². The second kappa shape index (κ2) is 5.08. The second-order valence-corrected chi connectivity index (χ2v) is 3.84. The van der Waals surface area contributed by atoms with Gasteiger partial charge in [0.25, 0.3) is 5.91 Å². The van der Waals surface area contributed by atoms with Crippen molar-refractivity contribution < 1.29 is 27.9 Å². The van der Waals surface area contributed by atoms with Crippen LogP contribution in [0.3, 0.4) is 0 Å². The van der Waals surface area contributed by atoms with Gasteiger partial charge in [0.1, 0.15) is 11.6 Å². The quantitative estimate of drug-likeness (QED) is 0.900. The van der Waals surface area contributed by atoms with Crippen LogP contribution >= 0.6 is 0 Å². The molecule has 0 spiro atoms. The molecule has 2 aromatic rings. The van der Waals surface area contributed by atoms with Gasteiger partial charge < -0.3 is 14.8 Å². The van der Waals surface area contributed by atoms with Crippen molar-refractivity contribution in [2.75, 3.05) is 5.32 Å². The molecule has 0 radical (unpaired) electrons. The van der Waals surface area contributed by atoms with E-state index in [1.54, 1.807) is 0 Å². The molecule has 6 nitrogen and oxygen atoms in total. The molecule has 1 aromatic heterocycles. The van der Waals surface area contributed by atoms with Gasteiger partial charge in [-0.25, -0.2) is 18.6 Å². The van der Waals surface area contributed by atoms with Gasteiger partial charge >= 0.3 is 5.97 Å². The Labute approximate surface area is 111 Å². The van der Waals surface area contributed by atoms with Crippen molar-refractivity contribution in [2.45, 2.75) is 6.92 Å². The summed E-state index contributed by atoms with van der Waals surface area (Å²) in [5, 5.41) is 10.8. The van der Waals surface area contributed by atoms with E-state index in [9.17, 15) is 18.4 Å². The minimum Gasteiger partial charge on any atom is -0.478 e. The van der Waals surface area contributed by atoms with Crippen LogP contribution in [0.1, 0.15) is 26.6 Å². The third-order valence-corrected chi connectivity index (χ3v) is 2.49. The van der Waals surface area contributed by atoms with Gasteiger partial charge in [-0.15, -0.1) is 0 Å². The van der Waals surface area contributed by atoms with Crippen LogP contribution in [0.2, 0.25) is 0 Å². The smallest absolute Gasteiger partial charge is 0.338 e. The summed E-state index contributed by atoms with van der Waals surface area (Å²) in [6.45, 7) is 1.50. The van der Waals surface area contributed by atoms with Crippen LogP contribution in [0.15, 0.2) is 22.9 Å². The van der Waals surface area contributed by atoms with Crippen LogP contribution in [-0.2, 0) is 0 Å². The number of aryl methyl sites for hydroxylation is 1. The number of rotatable bonds is 3. The monoisotopic (exact) mass is 282 g/mol. The van der Waals surface area contributed by atoms with E-state index >= 15 is 0 Å². The summed E-state index contributed by atoms with van der Waals surface area (Å²) in [4.78, 5) is 26.2. The van der Waals surface area contributed by atoms with Gasteiger partial charge in [-0.2, -0.15) is 0 Å². The van der Waals surface area contributed by atoms with Gasteiger partial charge in [0, 0.05) is 6.07 Å². The van der Waals surface area contributed by atoms with Crippen molar-refractivity contribution in [3.05, 3.63) is 47.2 Å². The summed E-state index contributed by atoms with van der Waals surface area (Å²) in [6, 6.07) is 1.07. The Morgan fingerprint density at radius 3 is 2.55 bits per heavy atom. The van der Waals surface area contributed by atoms with E-state index in [0.29, 0.717) is 12.1 Å². The number of carboxylic acid groups (broad SMARTS) is 1. The predicted octanol–water partition coefficient (Wildman–Crippen LogP) is 2.21. The largest absolute Gasteiger partial charge is 0.478 e. The summed E-state index contributed by atoms with van der Waals surface area (Å²) in [5.41, 5.74) is -0.941. The predicted molar refractivity (Wildman–Crippen MR) is 62.5 cm³/mol. The van der Waals surface area contributed by atoms with Gasteiger partial charge in [0.2, 0.25) is 5.76 Å². The zero-order valence-corrected chi connectivity index (χ0v) is 10.1. The average molecular weight is 282 g/mol. The number of carbonyl (C=O) groups is 2. The van der Waals surface area contributed by atoms with Crippen LogP contribution < -0.4 is 5.32 Å². The third kappa shape index (κ3) is 2.48. The molecule has 0 aliphatic rings. The fraction of sp³-hybridized carbons (Fsp3) is 0.0833. The van der Waals surface area contributed by atoms with Gasteiger partial charge in [-0.05, 0) is 13.0 Å². The van der Waals surface area contributed by atoms with Crippen molar-refractivity contribution in [1.29, 1.82) is 0 Å². The number of carboxylic acids is 1. The summed E-state index contributed by atoms with van der Waals surface area (Å²) in [5.74, 6) is -4.87. The highest BCUT2D eigenvalue weighted by atomic mass is 19.1. The minimum absolute atomic E-state index is 0.148. The number of oxazole rings is 1. The molecule has 0 aliphatic heterocycles. The fourth-order valence-corrected chi connectivity index (χ4v) is 1.51. The molecule has 104 valence electrons. The summed E-state index contributed by atoms with van der Waals surface area (Å²) < 4.78 is 31.5. The standard InChI is InChI=1S/C12H8F2N2O4/c1-5-10(20-4-15-5)11(17)16-9-2-6(12(18)19)7(13)3-8(9)14/h2-4H,1H3,(H,16,17)(H,18,19). The topological polar surface area (TPSA) is 92.4 Å². The van der Waals surface area contributed by atoms with E-state index in [1.165, 1.54) is 6.92 Å².